The smallest absolute Gasteiger partial charge is 0.320 e. The number of benzene rings is 1. The number of anilines is 3. The second-order valence-corrected chi connectivity index (χ2v) is 8.56. The topological polar surface area (TPSA) is 118 Å². The molecule has 184 valence electrons. The number of carbonyl (C=O) groups excluding carboxylic acids is 1. The Balaban J connectivity index is 1.13. The zero-order chi connectivity index (χ0) is 24.0. The largest absolute Gasteiger partial charge is 0.489 e. The van der Waals surface area contributed by atoms with E-state index in [9.17, 15) is 4.79 Å². The van der Waals surface area contributed by atoms with Gasteiger partial charge in [0, 0.05) is 38.3 Å². The van der Waals surface area contributed by atoms with Gasteiger partial charge in [-0.3, -0.25) is 5.32 Å². The van der Waals surface area contributed by atoms with Crippen LogP contribution in [0.25, 0.3) is 0 Å². The van der Waals surface area contributed by atoms with Gasteiger partial charge in [0.1, 0.15) is 23.9 Å². The lowest BCUT2D eigenvalue weighted by Crippen LogP contribution is -2.37. The number of amides is 2. The molecule has 35 heavy (non-hydrogen) atoms. The van der Waals surface area contributed by atoms with Crippen molar-refractivity contribution in [2.24, 2.45) is 0 Å². The van der Waals surface area contributed by atoms with Crippen LogP contribution in [0.4, 0.5) is 22.4 Å². The van der Waals surface area contributed by atoms with Crippen LogP contribution in [-0.2, 0) is 4.74 Å². The number of hydrogen-bond acceptors (Lipinski definition) is 9. The number of urea groups is 1. The van der Waals surface area contributed by atoms with Crippen molar-refractivity contribution in [3.8, 4) is 5.75 Å². The molecule has 3 aromatic rings. The minimum atomic E-state index is -0.348. The highest BCUT2D eigenvalue weighted by atomic mass is 16.5. The Morgan fingerprint density at radius 3 is 2.71 bits per heavy atom. The maximum atomic E-state index is 12.1. The molecule has 11 nitrogen and oxygen atoms in total. The van der Waals surface area contributed by atoms with E-state index in [1.165, 1.54) is 6.26 Å². The lowest BCUT2D eigenvalue weighted by Gasteiger charge is -2.27. The fourth-order valence-electron chi connectivity index (χ4n) is 4.20. The Morgan fingerprint density at radius 1 is 1.11 bits per heavy atom. The molecule has 4 heterocycles. The second-order valence-electron chi connectivity index (χ2n) is 8.56. The number of nitrogens with zero attached hydrogens (tertiary/aromatic N) is 5. The van der Waals surface area contributed by atoms with Gasteiger partial charge in [-0.05, 0) is 30.7 Å². The van der Waals surface area contributed by atoms with Crippen molar-refractivity contribution in [1.82, 2.24) is 20.4 Å². The van der Waals surface area contributed by atoms with Crippen LogP contribution in [0.2, 0.25) is 0 Å². The van der Waals surface area contributed by atoms with E-state index < -0.39 is 0 Å². The van der Waals surface area contributed by atoms with E-state index in [-0.39, 0.29) is 18.2 Å². The van der Waals surface area contributed by atoms with E-state index in [0.717, 1.165) is 55.7 Å². The second kappa shape index (κ2) is 10.6. The molecule has 1 aromatic carbocycles. The zero-order valence-corrected chi connectivity index (χ0v) is 19.6. The maximum absolute atomic E-state index is 12.1. The van der Waals surface area contributed by atoms with Crippen molar-refractivity contribution < 1.29 is 18.8 Å². The maximum Gasteiger partial charge on any atom is 0.320 e. The van der Waals surface area contributed by atoms with Gasteiger partial charge in [-0.25, -0.2) is 9.78 Å². The summed E-state index contributed by atoms with van der Waals surface area (Å²) in [7, 11) is 0. The average Bonchev–Trinajstić information content (AvgIpc) is 3.57. The first-order valence-electron chi connectivity index (χ1n) is 11.8. The van der Waals surface area contributed by atoms with Crippen LogP contribution in [-0.4, -0.2) is 66.7 Å². The SMILES string of the molecule is C[C@H](NC(=O)Nc1ccon1)c1ccc(OC2CCN(c3ccnc(N4CCOCC4)n3)C2)cc1. The van der Waals surface area contributed by atoms with Gasteiger partial charge >= 0.3 is 6.03 Å². The first-order valence-corrected chi connectivity index (χ1v) is 11.8. The molecule has 0 saturated carbocycles. The van der Waals surface area contributed by atoms with Crippen molar-refractivity contribution in [3.05, 3.63) is 54.4 Å². The van der Waals surface area contributed by atoms with E-state index in [0.29, 0.717) is 19.0 Å². The van der Waals surface area contributed by atoms with Gasteiger partial charge in [0.15, 0.2) is 5.82 Å². The normalized spacial score (nSPS) is 18.8. The third kappa shape index (κ3) is 5.80. The van der Waals surface area contributed by atoms with E-state index >= 15 is 0 Å². The van der Waals surface area contributed by atoms with Crippen molar-refractivity contribution >= 4 is 23.6 Å². The highest BCUT2D eigenvalue weighted by Crippen LogP contribution is 2.25. The molecule has 2 atom stereocenters. The Morgan fingerprint density at radius 2 is 1.94 bits per heavy atom. The van der Waals surface area contributed by atoms with Crippen LogP contribution in [0.1, 0.15) is 24.9 Å². The summed E-state index contributed by atoms with van der Waals surface area (Å²) in [5.41, 5.74) is 0.970. The van der Waals surface area contributed by atoms with Crippen LogP contribution >= 0.6 is 0 Å². The fourth-order valence-corrected chi connectivity index (χ4v) is 4.20. The van der Waals surface area contributed by atoms with Crippen LogP contribution in [0, 0.1) is 0 Å². The summed E-state index contributed by atoms with van der Waals surface area (Å²) in [6.07, 6.45) is 4.21. The molecule has 2 aliphatic rings. The van der Waals surface area contributed by atoms with Gasteiger partial charge in [0.2, 0.25) is 5.95 Å². The van der Waals surface area contributed by atoms with Gasteiger partial charge < -0.3 is 29.1 Å². The third-order valence-electron chi connectivity index (χ3n) is 6.10. The number of carbonyl (C=O) groups is 1. The molecule has 2 saturated heterocycles. The Kier molecular flexibility index (Phi) is 6.94. The summed E-state index contributed by atoms with van der Waals surface area (Å²) in [5, 5.41) is 9.16. The molecule has 2 N–H and O–H groups in total. The Bertz CT molecular complexity index is 1100. The highest BCUT2D eigenvalue weighted by molar-refractivity contribution is 5.88. The van der Waals surface area contributed by atoms with E-state index in [1.54, 1.807) is 6.07 Å². The summed E-state index contributed by atoms with van der Waals surface area (Å²) in [5.74, 6) is 2.84. The number of ether oxygens (including phenoxy) is 2. The van der Waals surface area contributed by atoms with Crippen LogP contribution in [0.15, 0.2) is 53.4 Å². The standard InChI is InChI=1S/C24H29N7O4/c1-17(26-24(32)27-21-8-13-34-29-21)18-2-4-19(5-3-18)35-20-7-10-31(16-20)22-6-9-25-23(28-22)30-11-14-33-15-12-30/h2-6,8-9,13,17,20H,7,10-12,14-16H2,1H3,(H2,26,27,29,32)/t17-,20?/m0/s1. The number of morpholine rings is 1. The number of aromatic nitrogens is 3. The number of nitrogens with one attached hydrogen (secondary N) is 2. The molecule has 1 unspecified atom stereocenters. The molecule has 0 aliphatic carbocycles. The monoisotopic (exact) mass is 479 g/mol. The van der Waals surface area contributed by atoms with E-state index in [2.05, 4.69) is 30.6 Å². The van der Waals surface area contributed by atoms with Gasteiger partial charge in [-0.15, -0.1) is 0 Å². The molecule has 2 aliphatic heterocycles. The first kappa shape index (κ1) is 22.9. The van der Waals surface area contributed by atoms with Gasteiger partial charge in [-0.2, -0.15) is 4.98 Å². The predicted octanol–water partition coefficient (Wildman–Crippen LogP) is 2.84. The lowest BCUT2D eigenvalue weighted by molar-refractivity contribution is 0.122. The summed E-state index contributed by atoms with van der Waals surface area (Å²) in [4.78, 5) is 25.7. The quantitative estimate of drug-likeness (QED) is 0.527. The molecule has 0 bridgehead atoms. The minimum Gasteiger partial charge on any atom is -0.489 e. The van der Waals surface area contributed by atoms with Crippen molar-refractivity contribution in [1.29, 1.82) is 0 Å². The molecule has 11 heteroatoms. The summed E-state index contributed by atoms with van der Waals surface area (Å²) < 4.78 is 16.4. The fraction of sp³-hybridized carbons (Fsp3) is 0.417. The lowest BCUT2D eigenvalue weighted by atomic mass is 10.1. The minimum absolute atomic E-state index is 0.0754. The van der Waals surface area contributed by atoms with Crippen molar-refractivity contribution in [2.75, 3.05) is 54.5 Å². The van der Waals surface area contributed by atoms with Crippen LogP contribution in [0.5, 0.6) is 5.75 Å². The molecule has 5 rings (SSSR count). The van der Waals surface area contributed by atoms with E-state index in [4.69, 9.17) is 19.0 Å². The Hall–Kier alpha value is -3.86. The summed E-state index contributed by atoms with van der Waals surface area (Å²) >= 11 is 0. The molecular formula is C24H29N7O4. The first-order chi connectivity index (χ1) is 17.1. The van der Waals surface area contributed by atoms with Gasteiger partial charge in [-0.1, -0.05) is 17.3 Å². The number of rotatable bonds is 7. The molecule has 0 spiro atoms. The van der Waals surface area contributed by atoms with Gasteiger partial charge in [0.05, 0.1) is 25.8 Å². The van der Waals surface area contributed by atoms with Crippen LogP contribution in [0.3, 0.4) is 0 Å². The summed E-state index contributed by atoms with van der Waals surface area (Å²) in [6.45, 7) is 6.59. The zero-order valence-electron chi connectivity index (χ0n) is 19.6. The van der Waals surface area contributed by atoms with Crippen molar-refractivity contribution in [2.45, 2.75) is 25.5 Å². The van der Waals surface area contributed by atoms with Crippen LogP contribution < -0.4 is 25.2 Å². The van der Waals surface area contributed by atoms with E-state index in [1.807, 2.05) is 43.5 Å². The van der Waals surface area contributed by atoms with Gasteiger partial charge in [0.25, 0.3) is 0 Å². The third-order valence-corrected chi connectivity index (χ3v) is 6.10. The average molecular weight is 480 g/mol. The summed E-state index contributed by atoms with van der Waals surface area (Å²) in [6, 6.07) is 10.8. The molecule has 0 radical (unpaired) electrons. The Labute approximate surface area is 203 Å². The van der Waals surface area contributed by atoms with Crippen molar-refractivity contribution in [3.63, 3.8) is 0 Å². The highest BCUT2D eigenvalue weighted by Gasteiger charge is 2.26. The molecule has 2 fully saturated rings. The molecule has 2 amide bonds. The molecule has 2 aromatic heterocycles. The predicted molar refractivity (Wildman–Crippen MR) is 130 cm³/mol. The molecular weight excluding hydrogens is 450 g/mol. The number of hydrogen-bond donors (Lipinski definition) is 2.